The van der Waals surface area contributed by atoms with Crippen molar-refractivity contribution in [2.24, 2.45) is 5.92 Å². The van der Waals surface area contributed by atoms with E-state index in [9.17, 15) is 9.90 Å². The lowest BCUT2D eigenvalue weighted by Crippen LogP contribution is -2.57. The molecule has 2 fully saturated rings. The van der Waals surface area contributed by atoms with Crippen LogP contribution in [0.15, 0.2) is 36.7 Å². The zero-order valence-corrected chi connectivity index (χ0v) is 15.6. The Bertz CT molecular complexity index is 880. The highest BCUT2D eigenvalue weighted by atomic mass is 16.5. The molecule has 7 nitrogen and oxygen atoms in total. The summed E-state index contributed by atoms with van der Waals surface area (Å²) in [6, 6.07) is 7.18. The van der Waals surface area contributed by atoms with E-state index in [0.717, 1.165) is 37.9 Å². The molecular weight excluding hydrogens is 358 g/mol. The Hall–Kier alpha value is -2.67. The molecule has 1 amide bonds. The van der Waals surface area contributed by atoms with Crippen molar-refractivity contribution in [3.8, 4) is 11.5 Å². The number of likely N-dealkylation sites (tertiary alicyclic amines) is 1. The third-order valence-electron chi connectivity index (χ3n) is 6.36. The predicted molar refractivity (Wildman–Crippen MR) is 100 cm³/mol. The number of ether oxygens (including phenoxy) is 2. The van der Waals surface area contributed by atoms with Crippen LogP contribution < -0.4 is 4.74 Å². The minimum absolute atomic E-state index is 0.0275. The van der Waals surface area contributed by atoms with E-state index in [1.807, 2.05) is 17.0 Å². The molecule has 0 saturated carbocycles. The quantitative estimate of drug-likeness (QED) is 0.818. The van der Waals surface area contributed by atoms with E-state index in [-0.39, 0.29) is 23.7 Å². The number of carbonyl (C=O) groups excluding carboxylic acids is 1. The van der Waals surface area contributed by atoms with Crippen molar-refractivity contribution in [2.75, 3.05) is 19.7 Å². The van der Waals surface area contributed by atoms with Gasteiger partial charge in [-0.05, 0) is 25.0 Å². The van der Waals surface area contributed by atoms with Gasteiger partial charge in [0.05, 0.1) is 24.1 Å². The highest BCUT2D eigenvalue weighted by Gasteiger charge is 2.53. The third kappa shape index (κ3) is 2.73. The summed E-state index contributed by atoms with van der Waals surface area (Å²) >= 11 is 0. The molecule has 2 saturated heterocycles. The van der Waals surface area contributed by atoms with Crippen molar-refractivity contribution in [2.45, 2.75) is 37.4 Å². The second kappa shape index (κ2) is 6.74. The van der Waals surface area contributed by atoms with Crippen LogP contribution >= 0.6 is 0 Å². The zero-order valence-electron chi connectivity index (χ0n) is 15.6. The molecule has 2 aromatic rings. The van der Waals surface area contributed by atoms with Crippen molar-refractivity contribution in [1.29, 1.82) is 0 Å². The van der Waals surface area contributed by atoms with E-state index in [1.54, 1.807) is 12.1 Å². The number of piperidine rings is 1. The number of rotatable bonds is 1. The maximum atomic E-state index is 12.8. The molecule has 1 aromatic carbocycles. The van der Waals surface area contributed by atoms with Gasteiger partial charge in [0.1, 0.15) is 5.60 Å². The van der Waals surface area contributed by atoms with Crippen LogP contribution in [0.1, 0.15) is 47.7 Å². The summed E-state index contributed by atoms with van der Waals surface area (Å²) in [6.07, 6.45) is 6.45. The molecule has 5 rings (SSSR count). The lowest BCUT2D eigenvalue weighted by Gasteiger charge is -2.53. The second-order valence-corrected chi connectivity index (χ2v) is 7.83. The van der Waals surface area contributed by atoms with Crippen LogP contribution in [0.3, 0.4) is 0 Å². The van der Waals surface area contributed by atoms with E-state index in [0.29, 0.717) is 24.4 Å². The molecule has 2 atom stereocenters. The molecule has 28 heavy (non-hydrogen) atoms. The Labute approximate surface area is 163 Å². The normalized spacial score (nSPS) is 25.5. The summed E-state index contributed by atoms with van der Waals surface area (Å²) in [5.41, 5.74) is 1.08. The van der Waals surface area contributed by atoms with Gasteiger partial charge in [0, 0.05) is 44.0 Å². The fraction of sp³-hybridized carbons (Fsp3) is 0.476. The molecule has 1 spiro atoms. The van der Waals surface area contributed by atoms with Gasteiger partial charge in [0.25, 0.3) is 5.91 Å². The number of carbonyl (C=O) groups is 1. The number of hydrogen-bond donors (Lipinski definition) is 1. The standard InChI is InChI=1S/C21H23N3O4/c25-17-5-1-3-15-18-16(4-2-12-27-18)21(28-19(15)17)7-10-24(11-8-21)20(26)14-6-9-22-23-13-14/h1,3,5-6,9,13,16,18,25H,2,4,7-8,10-12H2/t16-,18+/m0/s1. The number of fused-ring (bicyclic) bond motifs is 4. The summed E-state index contributed by atoms with van der Waals surface area (Å²) in [5.74, 6) is 0.908. The van der Waals surface area contributed by atoms with Gasteiger partial charge < -0.3 is 19.5 Å². The fourth-order valence-electron chi connectivity index (χ4n) is 4.94. The monoisotopic (exact) mass is 381 g/mol. The van der Waals surface area contributed by atoms with Gasteiger partial charge in [0.15, 0.2) is 11.5 Å². The number of nitrogens with zero attached hydrogens (tertiary/aromatic N) is 3. The molecule has 146 valence electrons. The number of benzene rings is 1. The molecule has 1 aromatic heterocycles. The lowest BCUT2D eigenvalue weighted by atomic mass is 9.70. The number of aromatic hydroxyl groups is 1. The summed E-state index contributed by atoms with van der Waals surface area (Å²) in [5, 5.41) is 17.9. The van der Waals surface area contributed by atoms with Crippen LogP contribution in [0.5, 0.6) is 11.5 Å². The molecule has 0 bridgehead atoms. The van der Waals surface area contributed by atoms with Crippen molar-refractivity contribution < 1.29 is 19.4 Å². The third-order valence-corrected chi connectivity index (χ3v) is 6.36. The summed E-state index contributed by atoms with van der Waals surface area (Å²) in [6.45, 7) is 1.94. The number of aromatic nitrogens is 2. The molecule has 7 heteroatoms. The van der Waals surface area contributed by atoms with Gasteiger partial charge in [-0.1, -0.05) is 12.1 Å². The minimum atomic E-state index is -0.413. The maximum Gasteiger partial charge on any atom is 0.255 e. The number of phenolic OH excluding ortho intramolecular Hbond substituents is 1. The average molecular weight is 381 g/mol. The van der Waals surface area contributed by atoms with Crippen molar-refractivity contribution >= 4 is 5.91 Å². The second-order valence-electron chi connectivity index (χ2n) is 7.83. The van der Waals surface area contributed by atoms with E-state index < -0.39 is 5.60 Å². The summed E-state index contributed by atoms with van der Waals surface area (Å²) in [4.78, 5) is 14.6. The Morgan fingerprint density at radius 1 is 1.21 bits per heavy atom. The van der Waals surface area contributed by atoms with Crippen LogP contribution in [-0.4, -0.2) is 51.4 Å². The topological polar surface area (TPSA) is 84.8 Å². The number of phenols is 1. The highest BCUT2D eigenvalue weighted by Crippen LogP contribution is 2.55. The zero-order chi connectivity index (χ0) is 19.1. The van der Waals surface area contributed by atoms with Gasteiger partial charge >= 0.3 is 0 Å². The first-order chi connectivity index (χ1) is 13.7. The molecule has 0 radical (unpaired) electrons. The molecule has 3 aliphatic heterocycles. The summed E-state index contributed by atoms with van der Waals surface area (Å²) in [7, 11) is 0. The minimum Gasteiger partial charge on any atom is -0.504 e. The fourth-order valence-corrected chi connectivity index (χ4v) is 4.94. The van der Waals surface area contributed by atoms with Crippen molar-refractivity contribution in [3.05, 3.63) is 47.8 Å². The van der Waals surface area contributed by atoms with Crippen molar-refractivity contribution in [3.63, 3.8) is 0 Å². The Balaban J connectivity index is 1.41. The van der Waals surface area contributed by atoms with Crippen LogP contribution in [0.4, 0.5) is 0 Å². The lowest BCUT2D eigenvalue weighted by molar-refractivity contribution is -0.147. The van der Waals surface area contributed by atoms with Gasteiger partial charge in [-0.15, -0.1) is 0 Å². The smallest absolute Gasteiger partial charge is 0.255 e. The summed E-state index contributed by atoms with van der Waals surface area (Å²) < 4.78 is 12.7. The van der Waals surface area contributed by atoms with E-state index >= 15 is 0 Å². The predicted octanol–water partition coefficient (Wildman–Crippen LogP) is 2.72. The van der Waals surface area contributed by atoms with Crippen molar-refractivity contribution in [1.82, 2.24) is 15.1 Å². The van der Waals surface area contributed by atoms with Gasteiger partial charge in [-0.2, -0.15) is 10.2 Å². The number of para-hydroxylation sites is 1. The SMILES string of the molecule is O=C(c1ccnnc1)N1CCC2(CC1)Oc1c(O)cccc1[C@H]1OCCC[C@@H]12. The molecule has 3 aliphatic rings. The molecule has 1 N–H and O–H groups in total. The Morgan fingerprint density at radius 3 is 2.86 bits per heavy atom. The first-order valence-electron chi connectivity index (χ1n) is 9.86. The Kier molecular flexibility index (Phi) is 4.19. The molecule has 0 unspecified atom stereocenters. The van der Waals surface area contributed by atoms with Crippen LogP contribution in [0, 0.1) is 5.92 Å². The van der Waals surface area contributed by atoms with Gasteiger partial charge in [-0.25, -0.2) is 0 Å². The first kappa shape index (κ1) is 17.4. The molecule has 0 aliphatic carbocycles. The molecule has 4 heterocycles. The number of amides is 1. The number of hydrogen-bond acceptors (Lipinski definition) is 6. The van der Waals surface area contributed by atoms with E-state index in [2.05, 4.69) is 10.2 Å². The van der Waals surface area contributed by atoms with Gasteiger partial charge in [0.2, 0.25) is 0 Å². The van der Waals surface area contributed by atoms with Gasteiger partial charge in [-0.3, -0.25) is 4.79 Å². The first-order valence-corrected chi connectivity index (χ1v) is 9.86. The van der Waals surface area contributed by atoms with Crippen LogP contribution in [0.25, 0.3) is 0 Å². The average Bonchev–Trinajstić information content (AvgIpc) is 2.76. The Morgan fingerprint density at radius 2 is 2.07 bits per heavy atom. The largest absolute Gasteiger partial charge is 0.504 e. The van der Waals surface area contributed by atoms with E-state index in [4.69, 9.17) is 9.47 Å². The highest BCUT2D eigenvalue weighted by molar-refractivity contribution is 5.93. The van der Waals surface area contributed by atoms with Crippen LogP contribution in [0.2, 0.25) is 0 Å². The van der Waals surface area contributed by atoms with E-state index in [1.165, 1.54) is 12.4 Å². The molecular formula is C21H23N3O4. The maximum absolute atomic E-state index is 12.8. The van der Waals surface area contributed by atoms with Crippen LogP contribution in [-0.2, 0) is 4.74 Å².